The van der Waals surface area contributed by atoms with Gasteiger partial charge in [-0.25, -0.2) is 0 Å². The molecule has 1 aromatic rings. The Morgan fingerprint density at radius 2 is 2.11 bits per heavy atom. The van der Waals surface area contributed by atoms with Crippen molar-refractivity contribution in [3.63, 3.8) is 0 Å². The largest absolute Gasteiger partial charge is 0.483 e. The molecule has 1 unspecified atom stereocenters. The van der Waals surface area contributed by atoms with Gasteiger partial charge in [-0.1, -0.05) is 15.9 Å². The molecule has 0 bridgehead atoms. The Kier molecular flexibility index (Phi) is 5.62. The summed E-state index contributed by atoms with van der Waals surface area (Å²) in [5, 5.41) is 12.4. The average Bonchev–Trinajstić information content (AvgIpc) is 2.26. The maximum Gasteiger partial charge on any atom is 0.258 e. The highest BCUT2D eigenvalue weighted by Gasteiger charge is 2.11. The Hall–Kier alpha value is -1.07. The van der Waals surface area contributed by atoms with Crippen molar-refractivity contribution in [2.45, 2.75) is 32.9 Å². The van der Waals surface area contributed by atoms with Gasteiger partial charge in [-0.2, -0.15) is 0 Å². The van der Waals surface area contributed by atoms with E-state index in [0.29, 0.717) is 11.3 Å². The van der Waals surface area contributed by atoms with E-state index in [4.69, 9.17) is 4.74 Å². The van der Waals surface area contributed by atoms with Crippen LogP contribution in [0.3, 0.4) is 0 Å². The number of halogens is 1. The molecule has 1 rings (SSSR count). The molecule has 0 aliphatic heterocycles. The molecule has 4 nitrogen and oxygen atoms in total. The van der Waals surface area contributed by atoms with Gasteiger partial charge in [-0.05, 0) is 39.0 Å². The average molecular weight is 316 g/mol. The van der Waals surface area contributed by atoms with Crippen molar-refractivity contribution in [3.8, 4) is 5.75 Å². The third kappa shape index (κ3) is 4.66. The number of rotatable bonds is 5. The van der Waals surface area contributed by atoms with Gasteiger partial charge >= 0.3 is 0 Å². The van der Waals surface area contributed by atoms with Crippen LogP contribution in [0, 0.1) is 0 Å². The number of hydrogen-bond donors (Lipinski definition) is 2. The van der Waals surface area contributed by atoms with Gasteiger partial charge < -0.3 is 15.2 Å². The highest BCUT2D eigenvalue weighted by Crippen LogP contribution is 2.28. The fourth-order valence-electron chi connectivity index (χ4n) is 1.48. The first-order chi connectivity index (χ1) is 8.40. The van der Waals surface area contributed by atoms with Gasteiger partial charge in [0.1, 0.15) is 5.75 Å². The van der Waals surface area contributed by atoms with Crippen molar-refractivity contribution >= 4 is 21.8 Å². The van der Waals surface area contributed by atoms with Crippen molar-refractivity contribution in [1.29, 1.82) is 0 Å². The SMILES string of the molecule is CC(C)NC(=O)COc1ccc(Br)cc1C(C)O. The molecule has 0 radical (unpaired) electrons. The second-order valence-electron chi connectivity index (χ2n) is 4.37. The molecule has 0 fully saturated rings. The quantitative estimate of drug-likeness (QED) is 0.877. The van der Waals surface area contributed by atoms with E-state index in [9.17, 15) is 9.90 Å². The van der Waals surface area contributed by atoms with E-state index < -0.39 is 6.10 Å². The third-order valence-electron chi connectivity index (χ3n) is 2.23. The monoisotopic (exact) mass is 315 g/mol. The summed E-state index contributed by atoms with van der Waals surface area (Å²) in [5.41, 5.74) is 0.654. The molecule has 1 aromatic carbocycles. The van der Waals surface area contributed by atoms with Gasteiger partial charge in [0.25, 0.3) is 5.91 Å². The highest BCUT2D eigenvalue weighted by molar-refractivity contribution is 9.10. The zero-order valence-corrected chi connectivity index (χ0v) is 12.3. The lowest BCUT2D eigenvalue weighted by atomic mass is 10.1. The third-order valence-corrected chi connectivity index (χ3v) is 2.72. The minimum absolute atomic E-state index is 0.0560. The molecule has 0 saturated carbocycles. The van der Waals surface area contributed by atoms with E-state index in [-0.39, 0.29) is 18.6 Å². The molecule has 0 aromatic heterocycles. The van der Waals surface area contributed by atoms with Gasteiger partial charge in [-0.3, -0.25) is 4.79 Å². The van der Waals surface area contributed by atoms with Crippen LogP contribution < -0.4 is 10.1 Å². The van der Waals surface area contributed by atoms with Crippen LogP contribution in [0.1, 0.15) is 32.4 Å². The Bertz CT molecular complexity index is 419. The summed E-state index contributed by atoms with van der Waals surface area (Å²) in [7, 11) is 0. The Morgan fingerprint density at radius 1 is 1.44 bits per heavy atom. The highest BCUT2D eigenvalue weighted by atomic mass is 79.9. The maximum absolute atomic E-state index is 11.5. The molecule has 2 N–H and O–H groups in total. The summed E-state index contributed by atoms with van der Waals surface area (Å²) in [5.74, 6) is 0.344. The number of hydrogen-bond acceptors (Lipinski definition) is 3. The first kappa shape index (κ1) is 15.0. The van der Waals surface area contributed by atoms with Gasteiger partial charge in [0.2, 0.25) is 0 Å². The molecule has 1 amide bonds. The van der Waals surface area contributed by atoms with Crippen LogP contribution in [0.15, 0.2) is 22.7 Å². The number of ether oxygens (including phenoxy) is 1. The number of nitrogens with one attached hydrogen (secondary N) is 1. The van der Waals surface area contributed by atoms with E-state index in [0.717, 1.165) is 4.47 Å². The number of aliphatic hydroxyl groups excluding tert-OH is 1. The molecule has 18 heavy (non-hydrogen) atoms. The fourth-order valence-corrected chi connectivity index (χ4v) is 1.86. The van der Waals surface area contributed by atoms with E-state index in [2.05, 4.69) is 21.2 Å². The van der Waals surface area contributed by atoms with Gasteiger partial charge in [-0.15, -0.1) is 0 Å². The normalized spacial score (nSPS) is 12.3. The van der Waals surface area contributed by atoms with E-state index in [1.165, 1.54) is 0 Å². The molecule has 0 spiro atoms. The van der Waals surface area contributed by atoms with E-state index >= 15 is 0 Å². The van der Waals surface area contributed by atoms with Crippen LogP contribution in [-0.2, 0) is 4.79 Å². The summed E-state index contributed by atoms with van der Waals surface area (Å²) < 4.78 is 6.28. The maximum atomic E-state index is 11.5. The summed E-state index contributed by atoms with van der Waals surface area (Å²) in [4.78, 5) is 11.5. The van der Waals surface area contributed by atoms with E-state index in [1.807, 2.05) is 19.9 Å². The number of amides is 1. The van der Waals surface area contributed by atoms with Crippen LogP contribution in [0.2, 0.25) is 0 Å². The standard InChI is InChI=1S/C13H18BrNO3/c1-8(2)15-13(17)7-18-12-5-4-10(14)6-11(12)9(3)16/h4-6,8-9,16H,7H2,1-3H3,(H,15,17). The van der Waals surface area contributed by atoms with Crippen molar-refractivity contribution in [1.82, 2.24) is 5.32 Å². The lowest BCUT2D eigenvalue weighted by molar-refractivity contribution is -0.123. The molecule has 1 atom stereocenters. The first-order valence-corrected chi connectivity index (χ1v) is 6.59. The first-order valence-electron chi connectivity index (χ1n) is 5.80. The van der Waals surface area contributed by atoms with Gasteiger partial charge in [0.15, 0.2) is 6.61 Å². The minimum Gasteiger partial charge on any atom is -0.483 e. The summed E-state index contributed by atoms with van der Waals surface area (Å²) >= 11 is 3.33. The number of aliphatic hydroxyl groups is 1. The minimum atomic E-state index is -0.648. The lowest BCUT2D eigenvalue weighted by Gasteiger charge is -2.14. The number of benzene rings is 1. The van der Waals surface area contributed by atoms with Gasteiger partial charge in [0, 0.05) is 16.1 Å². The zero-order valence-electron chi connectivity index (χ0n) is 10.7. The fraction of sp³-hybridized carbons (Fsp3) is 0.462. The van der Waals surface area contributed by atoms with Crippen molar-refractivity contribution in [2.75, 3.05) is 6.61 Å². The van der Waals surface area contributed by atoms with Gasteiger partial charge in [0.05, 0.1) is 6.10 Å². The van der Waals surface area contributed by atoms with Crippen molar-refractivity contribution < 1.29 is 14.6 Å². The van der Waals surface area contributed by atoms with E-state index in [1.54, 1.807) is 19.1 Å². The topological polar surface area (TPSA) is 58.6 Å². The molecule has 100 valence electrons. The summed E-state index contributed by atoms with van der Waals surface area (Å²) in [6, 6.07) is 5.40. The van der Waals surface area contributed by atoms with Crippen LogP contribution >= 0.6 is 15.9 Å². The van der Waals surface area contributed by atoms with Crippen LogP contribution in [0.4, 0.5) is 0 Å². The molecule has 0 aliphatic carbocycles. The Balaban J connectivity index is 2.70. The Morgan fingerprint density at radius 3 is 2.67 bits per heavy atom. The molecule has 0 saturated heterocycles. The smallest absolute Gasteiger partial charge is 0.258 e. The van der Waals surface area contributed by atoms with Crippen molar-refractivity contribution in [2.24, 2.45) is 0 Å². The predicted octanol–water partition coefficient (Wildman–Crippen LogP) is 2.41. The summed E-state index contributed by atoms with van der Waals surface area (Å²) in [6.07, 6.45) is -0.648. The van der Waals surface area contributed by atoms with Crippen LogP contribution in [-0.4, -0.2) is 23.7 Å². The zero-order chi connectivity index (χ0) is 13.7. The van der Waals surface area contributed by atoms with Crippen molar-refractivity contribution in [3.05, 3.63) is 28.2 Å². The Labute approximate surface area is 115 Å². The summed E-state index contributed by atoms with van der Waals surface area (Å²) in [6.45, 7) is 5.37. The molecular formula is C13H18BrNO3. The lowest BCUT2D eigenvalue weighted by Crippen LogP contribution is -2.34. The molecule has 0 heterocycles. The molecule has 0 aliphatic rings. The van der Waals surface area contributed by atoms with Crippen LogP contribution in [0.25, 0.3) is 0 Å². The van der Waals surface area contributed by atoms with Crippen LogP contribution in [0.5, 0.6) is 5.75 Å². The predicted molar refractivity (Wildman–Crippen MR) is 73.5 cm³/mol. The number of carbonyl (C=O) groups is 1. The molecule has 5 heteroatoms. The second kappa shape index (κ2) is 6.75. The molecular weight excluding hydrogens is 298 g/mol. The number of carbonyl (C=O) groups excluding carboxylic acids is 1. The second-order valence-corrected chi connectivity index (χ2v) is 5.28.